The van der Waals surface area contributed by atoms with Crippen LogP contribution in [0.1, 0.15) is 40.9 Å². The SMILES string of the molecule is CCN(CC)Cc1cccc(CNC(=O)c2cccc(C)c2O)c1. The summed E-state index contributed by atoms with van der Waals surface area (Å²) < 4.78 is 0. The van der Waals surface area contributed by atoms with Gasteiger partial charge in [-0.15, -0.1) is 0 Å². The van der Waals surface area contributed by atoms with Crippen molar-refractivity contribution >= 4 is 5.91 Å². The molecule has 0 spiro atoms. The van der Waals surface area contributed by atoms with E-state index in [1.807, 2.05) is 12.1 Å². The van der Waals surface area contributed by atoms with Crippen LogP contribution in [-0.4, -0.2) is 29.0 Å². The first-order chi connectivity index (χ1) is 11.5. The highest BCUT2D eigenvalue weighted by Gasteiger charge is 2.12. The number of benzene rings is 2. The van der Waals surface area contributed by atoms with Crippen molar-refractivity contribution in [2.24, 2.45) is 0 Å². The molecule has 0 aliphatic rings. The second-order valence-corrected chi connectivity index (χ2v) is 5.94. The van der Waals surface area contributed by atoms with Gasteiger partial charge >= 0.3 is 0 Å². The third-order valence-corrected chi connectivity index (χ3v) is 4.23. The van der Waals surface area contributed by atoms with Gasteiger partial charge in [-0.3, -0.25) is 9.69 Å². The lowest BCUT2D eigenvalue weighted by Gasteiger charge is -2.18. The normalized spacial score (nSPS) is 10.8. The smallest absolute Gasteiger partial charge is 0.255 e. The minimum Gasteiger partial charge on any atom is -0.507 e. The summed E-state index contributed by atoms with van der Waals surface area (Å²) in [5.74, 6) is -0.212. The van der Waals surface area contributed by atoms with Crippen LogP contribution in [-0.2, 0) is 13.1 Å². The van der Waals surface area contributed by atoms with Gasteiger partial charge in [-0.05, 0) is 42.8 Å². The van der Waals surface area contributed by atoms with Crippen molar-refractivity contribution in [3.8, 4) is 5.75 Å². The van der Waals surface area contributed by atoms with E-state index in [0.717, 1.165) is 25.2 Å². The molecule has 2 aromatic rings. The fourth-order valence-electron chi connectivity index (χ4n) is 2.66. The first-order valence-corrected chi connectivity index (χ1v) is 8.42. The summed E-state index contributed by atoms with van der Waals surface area (Å²) in [5, 5.41) is 12.9. The molecule has 0 bridgehead atoms. The molecule has 0 atom stereocenters. The van der Waals surface area contributed by atoms with E-state index >= 15 is 0 Å². The number of carbonyl (C=O) groups is 1. The van der Waals surface area contributed by atoms with Gasteiger partial charge in [0.25, 0.3) is 5.91 Å². The van der Waals surface area contributed by atoms with Crippen LogP contribution in [0.2, 0.25) is 0 Å². The molecule has 24 heavy (non-hydrogen) atoms. The molecule has 0 aromatic heterocycles. The average molecular weight is 326 g/mol. The molecule has 0 fully saturated rings. The van der Waals surface area contributed by atoms with Crippen LogP contribution in [0.4, 0.5) is 0 Å². The zero-order valence-electron chi connectivity index (χ0n) is 14.7. The monoisotopic (exact) mass is 326 g/mol. The summed E-state index contributed by atoms with van der Waals surface area (Å²) in [6.07, 6.45) is 0. The van der Waals surface area contributed by atoms with E-state index < -0.39 is 0 Å². The van der Waals surface area contributed by atoms with Crippen molar-refractivity contribution in [1.29, 1.82) is 0 Å². The topological polar surface area (TPSA) is 52.6 Å². The van der Waals surface area contributed by atoms with Gasteiger partial charge in [0.1, 0.15) is 5.75 Å². The maximum atomic E-state index is 12.3. The third kappa shape index (κ3) is 4.59. The molecule has 0 unspecified atom stereocenters. The summed E-state index contributed by atoms with van der Waals surface area (Å²) in [4.78, 5) is 14.6. The number of nitrogens with one attached hydrogen (secondary N) is 1. The van der Waals surface area contributed by atoms with E-state index in [-0.39, 0.29) is 11.7 Å². The number of carbonyl (C=O) groups excluding carboxylic acids is 1. The van der Waals surface area contributed by atoms with Crippen LogP contribution < -0.4 is 5.32 Å². The van der Waals surface area contributed by atoms with Crippen LogP contribution >= 0.6 is 0 Å². The summed E-state index contributed by atoms with van der Waals surface area (Å²) in [5.41, 5.74) is 3.31. The number of hydrogen-bond acceptors (Lipinski definition) is 3. The van der Waals surface area contributed by atoms with Crippen LogP contribution in [0.15, 0.2) is 42.5 Å². The van der Waals surface area contributed by atoms with E-state index in [1.165, 1.54) is 5.56 Å². The first kappa shape index (κ1) is 18.0. The van der Waals surface area contributed by atoms with Gasteiger partial charge < -0.3 is 10.4 Å². The molecule has 0 saturated heterocycles. The van der Waals surface area contributed by atoms with Crippen molar-refractivity contribution in [3.63, 3.8) is 0 Å². The number of amides is 1. The zero-order valence-corrected chi connectivity index (χ0v) is 14.7. The molecule has 0 heterocycles. The van der Waals surface area contributed by atoms with Gasteiger partial charge in [-0.1, -0.05) is 50.2 Å². The Morgan fingerprint density at radius 2 is 1.75 bits per heavy atom. The highest BCUT2D eigenvalue weighted by molar-refractivity contribution is 5.97. The highest BCUT2D eigenvalue weighted by atomic mass is 16.3. The van der Waals surface area contributed by atoms with Gasteiger partial charge in [-0.2, -0.15) is 0 Å². The van der Waals surface area contributed by atoms with E-state index in [0.29, 0.717) is 17.7 Å². The Balaban J connectivity index is 2.01. The number of rotatable bonds is 7. The fourth-order valence-corrected chi connectivity index (χ4v) is 2.66. The molecular weight excluding hydrogens is 300 g/mol. The van der Waals surface area contributed by atoms with Gasteiger partial charge in [0.05, 0.1) is 5.56 Å². The molecule has 1 amide bonds. The average Bonchev–Trinajstić information content (AvgIpc) is 2.60. The number of para-hydroxylation sites is 1. The number of phenolic OH excluding ortho intramolecular Hbond substituents is 1. The summed E-state index contributed by atoms with van der Waals surface area (Å²) in [6, 6.07) is 13.4. The van der Waals surface area contributed by atoms with Gasteiger partial charge in [-0.25, -0.2) is 0 Å². The molecular formula is C20H26N2O2. The fraction of sp³-hybridized carbons (Fsp3) is 0.350. The number of phenols is 1. The maximum Gasteiger partial charge on any atom is 0.255 e. The lowest BCUT2D eigenvalue weighted by Crippen LogP contribution is -2.24. The number of aromatic hydroxyl groups is 1. The number of nitrogens with zero attached hydrogens (tertiary/aromatic N) is 1. The Hall–Kier alpha value is -2.33. The molecule has 4 heteroatoms. The van der Waals surface area contributed by atoms with Gasteiger partial charge in [0.15, 0.2) is 0 Å². The lowest BCUT2D eigenvalue weighted by atomic mass is 10.1. The minimum absolute atomic E-state index is 0.0466. The summed E-state index contributed by atoms with van der Waals surface area (Å²) >= 11 is 0. The van der Waals surface area contributed by atoms with Gasteiger partial charge in [0.2, 0.25) is 0 Å². The second-order valence-electron chi connectivity index (χ2n) is 5.94. The summed E-state index contributed by atoms with van der Waals surface area (Å²) in [7, 11) is 0. The molecule has 2 rings (SSSR count). The molecule has 128 valence electrons. The van der Waals surface area contributed by atoms with E-state index in [9.17, 15) is 9.90 Å². The van der Waals surface area contributed by atoms with E-state index in [1.54, 1.807) is 25.1 Å². The van der Waals surface area contributed by atoms with E-state index in [2.05, 4.69) is 36.2 Å². The quantitative estimate of drug-likeness (QED) is 0.819. The van der Waals surface area contributed by atoms with E-state index in [4.69, 9.17) is 0 Å². The van der Waals surface area contributed by atoms with Crippen molar-refractivity contribution in [2.75, 3.05) is 13.1 Å². The van der Waals surface area contributed by atoms with Crippen molar-refractivity contribution < 1.29 is 9.90 Å². The Bertz CT molecular complexity index is 694. The molecule has 0 aliphatic carbocycles. The molecule has 0 saturated carbocycles. The predicted molar refractivity (Wildman–Crippen MR) is 97.1 cm³/mol. The maximum absolute atomic E-state index is 12.3. The Morgan fingerprint density at radius 3 is 2.46 bits per heavy atom. The Labute approximate surface area is 144 Å². The molecule has 0 aliphatic heterocycles. The molecule has 2 aromatic carbocycles. The van der Waals surface area contributed by atoms with Gasteiger partial charge in [0, 0.05) is 13.1 Å². The minimum atomic E-state index is -0.259. The number of aryl methyl sites for hydroxylation is 1. The first-order valence-electron chi connectivity index (χ1n) is 8.42. The predicted octanol–water partition coefficient (Wildman–Crippen LogP) is 3.47. The summed E-state index contributed by atoms with van der Waals surface area (Å²) in [6.45, 7) is 9.48. The van der Waals surface area contributed by atoms with Crippen LogP contribution in [0.5, 0.6) is 5.75 Å². The Kier molecular flexibility index (Phi) is 6.38. The van der Waals surface area contributed by atoms with Crippen molar-refractivity contribution in [2.45, 2.75) is 33.9 Å². The van der Waals surface area contributed by atoms with Crippen molar-refractivity contribution in [3.05, 3.63) is 64.7 Å². The largest absolute Gasteiger partial charge is 0.507 e. The number of hydrogen-bond donors (Lipinski definition) is 2. The molecule has 4 nitrogen and oxygen atoms in total. The standard InChI is InChI=1S/C20H26N2O2/c1-4-22(5-2)14-17-10-7-9-16(12-17)13-21-20(24)18-11-6-8-15(3)19(18)23/h6-12,23H,4-5,13-14H2,1-3H3,(H,21,24). The lowest BCUT2D eigenvalue weighted by molar-refractivity contribution is 0.0948. The highest BCUT2D eigenvalue weighted by Crippen LogP contribution is 2.21. The zero-order chi connectivity index (χ0) is 17.5. The van der Waals surface area contributed by atoms with Crippen LogP contribution in [0, 0.1) is 6.92 Å². The molecule has 2 N–H and O–H groups in total. The molecule has 0 radical (unpaired) electrons. The second kappa shape index (κ2) is 8.50. The van der Waals surface area contributed by atoms with Crippen molar-refractivity contribution in [1.82, 2.24) is 10.2 Å². The third-order valence-electron chi connectivity index (χ3n) is 4.23. The van der Waals surface area contributed by atoms with Crippen LogP contribution in [0.25, 0.3) is 0 Å². The Morgan fingerprint density at radius 1 is 1.08 bits per heavy atom. The van der Waals surface area contributed by atoms with Crippen LogP contribution in [0.3, 0.4) is 0 Å².